The van der Waals surface area contributed by atoms with Crippen molar-refractivity contribution in [2.75, 3.05) is 7.11 Å². The Balaban J connectivity index is 1.49. The van der Waals surface area contributed by atoms with E-state index in [4.69, 9.17) is 18.6 Å². The summed E-state index contributed by atoms with van der Waals surface area (Å²) in [5, 5.41) is 9.62. The molecule has 5 heteroatoms. The van der Waals surface area contributed by atoms with Crippen molar-refractivity contribution in [1.82, 2.24) is 0 Å². The van der Waals surface area contributed by atoms with E-state index in [1.165, 1.54) is 16.7 Å². The quantitative estimate of drug-likeness (QED) is 0.652. The van der Waals surface area contributed by atoms with Crippen LogP contribution in [0.15, 0.2) is 22.3 Å². The number of hydrogen-bond donors (Lipinski definition) is 1. The average Bonchev–Trinajstić information content (AvgIpc) is 3.21. The van der Waals surface area contributed by atoms with Gasteiger partial charge in [-0.1, -0.05) is 26.8 Å². The summed E-state index contributed by atoms with van der Waals surface area (Å²) < 4.78 is 24.8. The molecular formula is C22H28O5. The Bertz CT molecular complexity index is 847. The molecule has 7 atom stereocenters. The topological polar surface area (TPSA) is 64.4 Å². The molecule has 1 N–H and O–H groups in total. The Hall–Kier alpha value is -1.14. The third kappa shape index (κ3) is 1.65. The monoisotopic (exact) mass is 372 g/mol. The van der Waals surface area contributed by atoms with Gasteiger partial charge in [0.2, 0.25) is 0 Å². The van der Waals surface area contributed by atoms with Gasteiger partial charge in [-0.3, -0.25) is 0 Å². The van der Waals surface area contributed by atoms with E-state index in [0.29, 0.717) is 5.92 Å². The molecule has 0 radical (unpaired) electrons. The molecule has 6 aliphatic rings. The van der Waals surface area contributed by atoms with Crippen LogP contribution in [0.1, 0.15) is 56.4 Å². The third-order valence-electron chi connectivity index (χ3n) is 8.39. The summed E-state index contributed by atoms with van der Waals surface area (Å²) in [6.07, 6.45) is 7.43. The van der Waals surface area contributed by atoms with Crippen LogP contribution in [0.3, 0.4) is 0 Å². The molecule has 3 aliphatic carbocycles. The number of ether oxygens (including phenoxy) is 3. The first-order valence-electron chi connectivity index (χ1n) is 10.2. The summed E-state index contributed by atoms with van der Waals surface area (Å²) in [5.74, 6) is 1.38. The molecule has 1 aromatic heterocycles. The summed E-state index contributed by atoms with van der Waals surface area (Å²) in [6.45, 7) is 6.80. The number of aliphatic hydroxyl groups is 1. The summed E-state index contributed by atoms with van der Waals surface area (Å²) in [6, 6.07) is 0. The van der Waals surface area contributed by atoms with Gasteiger partial charge in [0.15, 0.2) is 0 Å². The minimum Gasteiger partial charge on any atom is -0.466 e. The highest BCUT2D eigenvalue weighted by Crippen LogP contribution is 2.72. The molecular weight excluding hydrogens is 344 g/mol. The van der Waals surface area contributed by atoms with Gasteiger partial charge < -0.3 is 23.7 Å². The summed E-state index contributed by atoms with van der Waals surface area (Å²) in [4.78, 5) is 0. The molecule has 7 rings (SSSR count). The maximum atomic E-state index is 9.62. The molecule has 27 heavy (non-hydrogen) atoms. The van der Waals surface area contributed by atoms with Crippen molar-refractivity contribution in [3.63, 3.8) is 0 Å². The van der Waals surface area contributed by atoms with E-state index in [1.807, 2.05) is 6.26 Å². The standard InChI is InChI=1S/C22H28O5/c1-11(2)22-17(27-22)7-16-20(3)6-5-12-13(10-25-15(12)9-23)18(20)14-8-21(16,26-14)19(22)24-4/h7,10-11,14,17-19,23H,5-6,8-9H2,1-4H3. The van der Waals surface area contributed by atoms with Crippen LogP contribution in [-0.2, 0) is 27.2 Å². The lowest BCUT2D eigenvalue weighted by molar-refractivity contribution is -0.294. The molecule has 5 nitrogen and oxygen atoms in total. The van der Waals surface area contributed by atoms with Gasteiger partial charge in [-0.15, -0.1) is 0 Å². The minimum absolute atomic E-state index is 0.0244. The number of epoxide rings is 1. The lowest BCUT2D eigenvalue weighted by Gasteiger charge is -2.68. The number of aliphatic hydroxyl groups excluding tert-OH is 1. The van der Waals surface area contributed by atoms with Crippen LogP contribution in [0.25, 0.3) is 0 Å². The van der Waals surface area contributed by atoms with E-state index >= 15 is 0 Å². The zero-order valence-electron chi connectivity index (χ0n) is 16.5. The van der Waals surface area contributed by atoms with Gasteiger partial charge in [0, 0.05) is 30.4 Å². The van der Waals surface area contributed by atoms with Gasteiger partial charge in [-0.05, 0) is 29.9 Å². The Kier molecular flexibility index (Phi) is 3.03. The largest absolute Gasteiger partial charge is 0.466 e. The molecule has 146 valence electrons. The fourth-order valence-electron chi connectivity index (χ4n) is 7.17. The fraction of sp³-hybridized carbons (Fsp3) is 0.727. The molecule has 4 heterocycles. The van der Waals surface area contributed by atoms with Gasteiger partial charge in [0.1, 0.15) is 35.8 Å². The second-order valence-corrected chi connectivity index (χ2v) is 9.64. The molecule has 0 aromatic carbocycles. The van der Waals surface area contributed by atoms with Crippen molar-refractivity contribution >= 4 is 0 Å². The van der Waals surface area contributed by atoms with E-state index in [9.17, 15) is 5.11 Å². The highest BCUT2D eigenvalue weighted by Gasteiger charge is 2.79. The second kappa shape index (κ2) is 4.88. The van der Waals surface area contributed by atoms with Crippen LogP contribution in [0.5, 0.6) is 0 Å². The van der Waals surface area contributed by atoms with Gasteiger partial charge >= 0.3 is 0 Å². The lowest BCUT2D eigenvalue weighted by Crippen LogP contribution is -2.74. The SMILES string of the molecule is COC1C23CC(O2)C2c4coc(CO)c4CCC2(C)C3=CC2OC21C(C)C. The number of fused-ring (bicyclic) bond motifs is 2. The van der Waals surface area contributed by atoms with Gasteiger partial charge in [-0.2, -0.15) is 0 Å². The number of methoxy groups -OCH3 is 1. The van der Waals surface area contributed by atoms with Crippen molar-refractivity contribution in [1.29, 1.82) is 0 Å². The van der Waals surface area contributed by atoms with E-state index in [1.54, 1.807) is 7.11 Å². The highest BCUT2D eigenvalue weighted by atomic mass is 16.7. The van der Waals surface area contributed by atoms with Crippen LogP contribution < -0.4 is 0 Å². The molecule has 1 spiro atoms. The van der Waals surface area contributed by atoms with E-state index in [0.717, 1.165) is 25.0 Å². The zero-order valence-corrected chi connectivity index (χ0v) is 16.5. The van der Waals surface area contributed by atoms with Crippen molar-refractivity contribution in [2.45, 2.75) is 82.1 Å². The molecule has 1 aromatic rings. The Morgan fingerprint density at radius 1 is 1.33 bits per heavy atom. The summed E-state index contributed by atoms with van der Waals surface area (Å²) in [7, 11) is 1.80. The maximum absolute atomic E-state index is 9.62. The van der Waals surface area contributed by atoms with Crippen LogP contribution in [0.2, 0.25) is 0 Å². The van der Waals surface area contributed by atoms with Gasteiger partial charge in [0.25, 0.3) is 0 Å². The van der Waals surface area contributed by atoms with Gasteiger partial charge in [-0.25, -0.2) is 0 Å². The predicted octanol–water partition coefficient (Wildman–Crippen LogP) is 3.10. The Morgan fingerprint density at radius 3 is 2.78 bits per heavy atom. The molecule has 2 bridgehead atoms. The fourth-order valence-corrected chi connectivity index (χ4v) is 7.17. The highest BCUT2D eigenvalue weighted by molar-refractivity contribution is 5.52. The lowest BCUT2D eigenvalue weighted by atomic mass is 9.46. The van der Waals surface area contributed by atoms with Crippen molar-refractivity contribution in [3.05, 3.63) is 34.8 Å². The van der Waals surface area contributed by atoms with Crippen LogP contribution >= 0.6 is 0 Å². The molecule has 4 fully saturated rings. The van der Waals surface area contributed by atoms with Crippen LogP contribution in [0.4, 0.5) is 0 Å². The summed E-state index contributed by atoms with van der Waals surface area (Å²) in [5.41, 5.74) is 3.25. The Morgan fingerprint density at radius 2 is 2.11 bits per heavy atom. The van der Waals surface area contributed by atoms with Crippen LogP contribution in [0, 0.1) is 11.3 Å². The van der Waals surface area contributed by atoms with Gasteiger partial charge in [0.05, 0.1) is 12.4 Å². The summed E-state index contributed by atoms with van der Waals surface area (Å²) >= 11 is 0. The molecule has 7 unspecified atom stereocenters. The first kappa shape index (κ1) is 16.8. The third-order valence-corrected chi connectivity index (χ3v) is 8.39. The second-order valence-electron chi connectivity index (χ2n) is 9.64. The van der Waals surface area contributed by atoms with Crippen molar-refractivity contribution in [2.24, 2.45) is 11.3 Å². The Labute approximate surface area is 159 Å². The number of hydrogen-bond acceptors (Lipinski definition) is 5. The van der Waals surface area contributed by atoms with E-state index < -0.39 is 0 Å². The van der Waals surface area contributed by atoms with Crippen LogP contribution in [-0.4, -0.2) is 41.7 Å². The number of rotatable bonds is 3. The number of furan rings is 1. The van der Waals surface area contributed by atoms with E-state index in [2.05, 4.69) is 26.8 Å². The van der Waals surface area contributed by atoms with Crippen molar-refractivity contribution < 1.29 is 23.7 Å². The first-order valence-corrected chi connectivity index (χ1v) is 10.2. The minimum atomic E-state index is -0.344. The smallest absolute Gasteiger partial charge is 0.132 e. The predicted molar refractivity (Wildman–Crippen MR) is 97.3 cm³/mol. The van der Waals surface area contributed by atoms with Crippen molar-refractivity contribution in [3.8, 4) is 0 Å². The first-order chi connectivity index (χ1) is 12.9. The normalized spacial score (nSPS) is 48.7. The zero-order chi connectivity index (χ0) is 18.8. The molecule has 0 amide bonds. The maximum Gasteiger partial charge on any atom is 0.132 e. The average molecular weight is 372 g/mol. The molecule has 3 aliphatic heterocycles. The van der Waals surface area contributed by atoms with E-state index in [-0.39, 0.29) is 47.5 Å². The molecule has 3 saturated heterocycles. The molecule has 1 saturated carbocycles.